The molecule has 3 aromatic rings. The molecule has 1 fully saturated rings. The van der Waals surface area contributed by atoms with E-state index in [0.29, 0.717) is 31.0 Å². The Labute approximate surface area is 199 Å². The summed E-state index contributed by atoms with van der Waals surface area (Å²) in [5, 5.41) is 18.3. The van der Waals surface area contributed by atoms with Crippen molar-refractivity contribution < 1.29 is 19.2 Å². The number of hydrogen-bond acceptors (Lipinski definition) is 7. The molecule has 2 aromatic heterocycles. The number of rotatable bonds is 9. The summed E-state index contributed by atoms with van der Waals surface area (Å²) in [6, 6.07) is 9.13. The summed E-state index contributed by atoms with van der Waals surface area (Å²) in [4.78, 5) is 19.0. The third-order valence-electron chi connectivity index (χ3n) is 6.90. The Hall–Kier alpha value is -2.97. The Kier molecular flexibility index (Phi) is 6.78. The van der Waals surface area contributed by atoms with Crippen LogP contribution in [-0.4, -0.2) is 58.5 Å². The number of carboxylic acid groups (broad SMARTS) is 1. The molecule has 8 nitrogen and oxygen atoms in total. The Morgan fingerprint density at radius 1 is 1.32 bits per heavy atom. The van der Waals surface area contributed by atoms with Crippen molar-refractivity contribution in [3.63, 3.8) is 0 Å². The van der Waals surface area contributed by atoms with Crippen LogP contribution in [0.3, 0.4) is 0 Å². The van der Waals surface area contributed by atoms with Crippen molar-refractivity contribution in [3.8, 4) is 0 Å². The molecule has 34 heavy (non-hydrogen) atoms. The summed E-state index contributed by atoms with van der Waals surface area (Å²) in [6.45, 7) is 4.83. The molecule has 0 spiro atoms. The van der Waals surface area contributed by atoms with Crippen molar-refractivity contribution >= 4 is 22.8 Å². The maximum Gasteiger partial charge on any atom is 0.325 e. The number of nitrogens with zero attached hydrogens (tertiary/aromatic N) is 3. The number of nitrogens with one attached hydrogen (secondary N) is 1. The Morgan fingerprint density at radius 3 is 3.12 bits per heavy atom. The number of hydrogen-bond donors (Lipinski definition) is 2. The van der Waals surface area contributed by atoms with Crippen LogP contribution in [0.1, 0.15) is 54.2 Å². The highest BCUT2D eigenvalue weighted by atomic mass is 16.5. The molecule has 0 aliphatic carbocycles. The molecule has 0 bridgehead atoms. The van der Waals surface area contributed by atoms with Crippen LogP contribution in [0.15, 0.2) is 34.9 Å². The average molecular weight is 465 g/mol. The first-order valence-electron chi connectivity index (χ1n) is 12.3. The molecule has 0 radical (unpaired) electrons. The van der Waals surface area contributed by atoms with Crippen molar-refractivity contribution in [2.75, 3.05) is 31.6 Å². The van der Waals surface area contributed by atoms with Crippen molar-refractivity contribution in [2.45, 2.75) is 57.6 Å². The lowest BCUT2D eigenvalue weighted by Gasteiger charge is -2.25. The molecule has 1 saturated heterocycles. The zero-order valence-corrected chi connectivity index (χ0v) is 19.6. The van der Waals surface area contributed by atoms with Crippen LogP contribution in [-0.2, 0) is 22.4 Å². The minimum absolute atomic E-state index is 0.0516. The molecule has 4 heterocycles. The molecule has 5 rings (SSSR count). The molecule has 8 heteroatoms. The maximum absolute atomic E-state index is 12.3. The number of carbonyl (C=O) groups is 1. The number of carboxylic acids is 1. The van der Waals surface area contributed by atoms with Gasteiger partial charge in [-0.25, -0.2) is 4.98 Å². The first kappa shape index (κ1) is 22.8. The number of fused-ring (bicyclic) bond motifs is 2. The van der Waals surface area contributed by atoms with Gasteiger partial charge in [0.2, 0.25) is 0 Å². The summed E-state index contributed by atoms with van der Waals surface area (Å²) in [6.07, 6.45) is 6.10. The summed E-state index contributed by atoms with van der Waals surface area (Å²) < 4.78 is 11.5. The molecule has 0 amide bonds. The highest BCUT2D eigenvalue weighted by Gasteiger charge is 2.35. The van der Waals surface area contributed by atoms with Crippen LogP contribution in [0, 0.1) is 6.92 Å². The van der Waals surface area contributed by atoms with Gasteiger partial charge in [0.15, 0.2) is 5.58 Å². The fourth-order valence-electron chi connectivity index (χ4n) is 5.18. The van der Waals surface area contributed by atoms with E-state index in [9.17, 15) is 9.90 Å². The van der Waals surface area contributed by atoms with Gasteiger partial charge < -0.3 is 19.7 Å². The predicted molar refractivity (Wildman–Crippen MR) is 129 cm³/mol. The number of ether oxygens (including phenoxy) is 1. The Bertz CT molecular complexity index is 1160. The van der Waals surface area contributed by atoms with Gasteiger partial charge in [-0.05, 0) is 68.7 Å². The van der Waals surface area contributed by atoms with Crippen LogP contribution in [0.25, 0.3) is 11.0 Å². The number of aliphatic carboxylic acids is 1. The van der Waals surface area contributed by atoms with Gasteiger partial charge in [0.1, 0.15) is 11.9 Å². The molecule has 2 aliphatic heterocycles. The van der Waals surface area contributed by atoms with Crippen LogP contribution < -0.4 is 5.32 Å². The number of aryl methyl sites for hydroxylation is 3. The summed E-state index contributed by atoms with van der Waals surface area (Å²) in [7, 11) is 0. The Balaban J connectivity index is 1.12. The van der Waals surface area contributed by atoms with E-state index in [1.54, 1.807) is 0 Å². The van der Waals surface area contributed by atoms with Gasteiger partial charge >= 0.3 is 5.97 Å². The van der Waals surface area contributed by atoms with E-state index >= 15 is 0 Å². The van der Waals surface area contributed by atoms with Gasteiger partial charge in [0.25, 0.3) is 0 Å². The lowest BCUT2D eigenvalue weighted by atomic mass is 10.00. The van der Waals surface area contributed by atoms with Crippen LogP contribution in [0.4, 0.5) is 5.82 Å². The maximum atomic E-state index is 12.3. The summed E-state index contributed by atoms with van der Waals surface area (Å²) in [5.41, 5.74) is 4.52. The SMILES string of the molecule is Cc1noc2cccc([C@H](C(=O)O)N3CC[C@@H](OCCCCc4ccc5c(n4)NCCC5)C3)c12. The van der Waals surface area contributed by atoms with E-state index in [1.807, 2.05) is 30.0 Å². The number of unbranched alkanes of at least 4 members (excludes halogenated alkanes) is 1. The number of aromatic nitrogens is 2. The number of pyridine rings is 1. The minimum atomic E-state index is -0.860. The second-order valence-corrected chi connectivity index (χ2v) is 9.30. The predicted octanol–water partition coefficient (Wildman–Crippen LogP) is 4.13. The standard InChI is InChI=1S/C26H32N4O4/c1-17-23-21(8-4-9-22(23)34-29-17)24(26(31)32)30-14-12-20(16-30)33-15-3-2-7-19-11-10-18-6-5-13-27-25(18)28-19/h4,8-11,20,24H,2-3,5-7,12-16H2,1H3,(H,27,28)(H,31,32)/t20-,24-/m1/s1. The average Bonchev–Trinajstić information content (AvgIpc) is 3.46. The van der Waals surface area contributed by atoms with E-state index in [4.69, 9.17) is 14.2 Å². The molecular weight excluding hydrogens is 432 g/mol. The first-order chi connectivity index (χ1) is 16.6. The second-order valence-electron chi connectivity index (χ2n) is 9.30. The molecule has 0 saturated carbocycles. The first-order valence-corrected chi connectivity index (χ1v) is 12.3. The Morgan fingerprint density at radius 2 is 2.24 bits per heavy atom. The smallest absolute Gasteiger partial charge is 0.325 e. The normalized spacial score (nSPS) is 19.1. The van der Waals surface area contributed by atoms with Gasteiger partial charge in [-0.15, -0.1) is 0 Å². The van der Waals surface area contributed by atoms with Crippen molar-refractivity contribution in [1.82, 2.24) is 15.0 Å². The van der Waals surface area contributed by atoms with E-state index in [-0.39, 0.29) is 6.10 Å². The summed E-state index contributed by atoms with van der Waals surface area (Å²) >= 11 is 0. The van der Waals surface area contributed by atoms with E-state index in [1.165, 1.54) is 12.0 Å². The molecular formula is C26H32N4O4. The number of likely N-dealkylation sites (tertiary alicyclic amines) is 1. The zero-order chi connectivity index (χ0) is 23.5. The zero-order valence-electron chi connectivity index (χ0n) is 19.6. The van der Waals surface area contributed by atoms with Crippen LogP contribution in [0.2, 0.25) is 0 Å². The quantitative estimate of drug-likeness (QED) is 0.456. The number of anilines is 1. The molecule has 1 aromatic carbocycles. The van der Waals surface area contributed by atoms with Gasteiger partial charge in [-0.3, -0.25) is 9.69 Å². The fourth-order valence-corrected chi connectivity index (χ4v) is 5.18. The molecule has 180 valence electrons. The van der Waals surface area contributed by atoms with Crippen molar-refractivity contribution in [2.24, 2.45) is 0 Å². The topological polar surface area (TPSA) is 101 Å². The van der Waals surface area contributed by atoms with Crippen LogP contribution in [0.5, 0.6) is 0 Å². The van der Waals surface area contributed by atoms with Gasteiger partial charge in [0, 0.05) is 37.3 Å². The number of benzene rings is 1. The monoisotopic (exact) mass is 464 g/mol. The molecule has 0 unspecified atom stereocenters. The van der Waals surface area contributed by atoms with Gasteiger partial charge in [-0.1, -0.05) is 23.4 Å². The minimum Gasteiger partial charge on any atom is -0.480 e. The highest BCUT2D eigenvalue weighted by molar-refractivity contribution is 5.89. The third kappa shape index (κ3) is 4.79. The van der Waals surface area contributed by atoms with E-state index < -0.39 is 12.0 Å². The highest BCUT2D eigenvalue weighted by Crippen LogP contribution is 2.33. The molecule has 2 aliphatic rings. The van der Waals surface area contributed by atoms with Gasteiger partial charge in [-0.2, -0.15) is 0 Å². The molecule has 2 N–H and O–H groups in total. The van der Waals surface area contributed by atoms with E-state index in [0.717, 1.165) is 61.1 Å². The lowest BCUT2D eigenvalue weighted by Crippen LogP contribution is -2.33. The van der Waals surface area contributed by atoms with Gasteiger partial charge in [0.05, 0.1) is 11.8 Å². The summed E-state index contributed by atoms with van der Waals surface area (Å²) in [5.74, 6) is 0.192. The van der Waals surface area contributed by atoms with Crippen molar-refractivity contribution in [3.05, 3.63) is 52.8 Å². The lowest BCUT2D eigenvalue weighted by molar-refractivity contribution is -0.143. The molecule has 2 atom stereocenters. The fraction of sp³-hybridized carbons (Fsp3) is 0.500. The van der Waals surface area contributed by atoms with E-state index in [2.05, 4.69) is 22.6 Å². The van der Waals surface area contributed by atoms with Crippen molar-refractivity contribution in [1.29, 1.82) is 0 Å². The van der Waals surface area contributed by atoms with Crippen LogP contribution >= 0.6 is 0 Å². The second kappa shape index (κ2) is 10.1. The third-order valence-corrected chi connectivity index (χ3v) is 6.90. The largest absolute Gasteiger partial charge is 0.480 e.